The van der Waals surface area contributed by atoms with Gasteiger partial charge in [0.1, 0.15) is 6.04 Å². The molecular weight excluding hydrogens is 535 g/mol. The molecular formula is C31H36Cl2N2O2S. The minimum atomic E-state index is -0.671. The maximum absolute atomic E-state index is 13.8. The number of aryl methyl sites for hydroxylation is 2. The van der Waals surface area contributed by atoms with Crippen LogP contribution < -0.4 is 5.32 Å². The lowest BCUT2D eigenvalue weighted by Crippen LogP contribution is -2.52. The molecule has 0 aliphatic rings. The molecule has 2 amide bonds. The topological polar surface area (TPSA) is 49.4 Å². The SMILES string of the molecule is CC[C@H](C)NC(=O)[C@H](Cc1ccccc1)N(Cc1ccc(Cl)c(Cl)c1)C(=O)CSCc1cc(C)cc(C)c1. The number of benzene rings is 3. The molecule has 3 aromatic rings. The summed E-state index contributed by atoms with van der Waals surface area (Å²) in [5.41, 5.74) is 5.41. The molecule has 0 aliphatic heterocycles. The maximum atomic E-state index is 13.8. The van der Waals surface area contributed by atoms with E-state index in [4.69, 9.17) is 23.2 Å². The van der Waals surface area contributed by atoms with Gasteiger partial charge in [-0.3, -0.25) is 9.59 Å². The summed E-state index contributed by atoms with van der Waals surface area (Å²) >= 11 is 14.0. The Balaban J connectivity index is 1.88. The minimum absolute atomic E-state index is 0.00152. The van der Waals surface area contributed by atoms with Gasteiger partial charge in [-0.25, -0.2) is 0 Å². The van der Waals surface area contributed by atoms with Gasteiger partial charge in [-0.1, -0.05) is 95.8 Å². The first-order valence-corrected chi connectivity index (χ1v) is 14.8. The first-order valence-electron chi connectivity index (χ1n) is 12.9. The van der Waals surface area contributed by atoms with Gasteiger partial charge in [-0.15, -0.1) is 11.8 Å². The fraction of sp³-hybridized carbons (Fsp3) is 0.355. The third kappa shape index (κ3) is 9.07. The highest BCUT2D eigenvalue weighted by Gasteiger charge is 2.31. The van der Waals surface area contributed by atoms with Crippen molar-refractivity contribution in [2.24, 2.45) is 0 Å². The van der Waals surface area contributed by atoms with Crippen molar-refractivity contribution in [3.63, 3.8) is 0 Å². The van der Waals surface area contributed by atoms with Gasteiger partial charge in [0, 0.05) is 24.8 Å². The predicted octanol–water partition coefficient (Wildman–Crippen LogP) is 7.40. The minimum Gasteiger partial charge on any atom is -0.352 e. The summed E-state index contributed by atoms with van der Waals surface area (Å²) in [7, 11) is 0. The van der Waals surface area contributed by atoms with Crippen molar-refractivity contribution in [1.29, 1.82) is 0 Å². The van der Waals surface area contributed by atoms with E-state index in [0.29, 0.717) is 16.5 Å². The summed E-state index contributed by atoms with van der Waals surface area (Å²) in [6, 6.07) is 20.9. The van der Waals surface area contributed by atoms with Crippen molar-refractivity contribution in [2.75, 3.05) is 5.75 Å². The van der Waals surface area contributed by atoms with Crippen molar-refractivity contribution < 1.29 is 9.59 Å². The number of hydrogen-bond donors (Lipinski definition) is 1. The zero-order valence-corrected chi connectivity index (χ0v) is 24.8. The maximum Gasteiger partial charge on any atom is 0.243 e. The predicted molar refractivity (Wildman–Crippen MR) is 161 cm³/mol. The molecule has 0 saturated carbocycles. The van der Waals surface area contributed by atoms with Crippen LogP contribution >= 0.6 is 35.0 Å². The van der Waals surface area contributed by atoms with Crippen LogP contribution in [0, 0.1) is 13.8 Å². The lowest BCUT2D eigenvalue weighted by molar-refractivity contribution is -0.139. The van der Waals surface area contributed by atoms with Crippen molar-refractivity contribution in [3.05, 3.63) is 105 Å². The fourth-order valence-corrected chi connectivity index (χ4v) is 5.49. The summed E-state index contributed by atoms with van der Waals surface area (Å²) < 4.78 is 0. The monoisotopic (exact) mass is 570 g/mol. The zero-order valence-electron chi connectivity index (χ0n) is 22.5. The van der Waals surface area contributed by atoms with E-state index in [-0.39, 0.29) is 30.2 Å². The Morgan fingerprint density at radius 2 is 1.58 bits per heavy atom. The third-order valence-corrected chi connectivity index (χ3v) is 8.11. The highest BCUT2D eigenvalue weighted by molar-refractivity contribution is 7.99. The van der Waals surface area contributed by atoms with Crippen LogP contribution in [0.1, 0.15) is 48.1 Å². The average Bonchev–Trinajstić information content (AvgIpc) is 2.88. The average molecular weight is 572 g/mol. The van der Waals surface area contributed by atoms with E-state index in [1.165, 1.54) is 16.7 Å². The summed E-state index contributed by atoms with van der Waals surface area (Å²) in [4.78, 5) is 29.1. The first-order chi connectivity index (χ1) is 18.2. The Kier molecular flexibility index (Phi) is 11.6. The first kappa shape index (κ1) is 30.1. The third-order valence-electron chi connectivity index (χ3n) is 6.38. The van der Waals surface area contributed by atoms with Crippen LogP contribution in [0.2, 0.25) is 10.0 Å². The van der Waals surface area contributed by atoms with Gasteiger partial charge in [-0.2, -0.15) is 0 Å². The second-order valence-electron chi connectivity index (χ2n) is 9.78. The van der Waals surface area contributed by atoms with Gasteiger partial charge in [0.25, 0.3) is 0 Å². The quantitative estimate of drug-likeness (QED) is 0.247. The Morgan fingerprint density at radius 3 is 2.21 bits per heavy atom. The molecule has 2 atom stereocenters. The van der Waals surface area contributed by atoms with Crippen LogP contribution in [0.25, 0.3) is 0 Å². The highest BCUT2D eigenvalue weighted by Crippen LogP contribution is 2.25. The molecule has 0 radical (unpaired) electrons. The number of amides is 2. The number of nitrogens with zero attached hydrogens (tertiary/aromatic N) is 1. The molecule has 0 bridgehead atoms. The molecule has 0 fully saturated rings. The number of carbonyl (C=O) groups is 2. The molecule has 0 spiro atoms. The number of nitrogens with one attached hydrogen (secondary N) is 1. The van der Waals surface area contributed by atoms with E-state index < -0.39 is 6.04 Å². The largest absolute Gasteiger partial charge is 0.352 e. The Morgan fingerprint density at radius 1 is 0.895 bits per heavy atom. The Labute approximate surface area is 241 Å². The highest BCUT2D eigenvalue weighted by atomic mass is 35.5. The molecule has 0 heterocycles. The second-order valence-corrected chi connectivity index (χ2v) is 11.6. The molecule has 38 heavy (non-hydrogen) atoms. The van der Waals surface area contributed by atoms with Crippen molar-refractivity contribution in [1.82, 2.24) is 10.2 Å². The molecule has 0 aromatic heterocycles. The van der Waals surface area contributed by atoms with E-state index in [2.05, 4.69) is 37.4 Å². The molecule has 3 aromatic carbocycles. The van der Waals surface area contributed by atoms with E-state index in [1.807, 2.05) is 50.2 Å². The van der Waals surface area contributed by atoms with Crippen LogP contribution in [0.15, 0.2) is 66.7 Å². The van der Waals surface area contributed by atoms with Gasteiger partial charge in [-0.05, 0) is 56.0 Å². The Hall–Kier alpha value is -2.47. The molecule has 0 aliphatic carbocycles. The molecule has 202 valence electrons. The lowest BCUT2D eigenvalue weighted by Gasteiger charge is -2.32. The van der Waals surface area contributed by atoms with Crippen LogP contribution in [-0.4, -0.2) is 34.6 Å². The van der Waals surface area contributed by atoms with Gasteiger partial charge in [0.15, 0.2) is 0 Å². The molecule has 0 saturated heterocycles. The lowest BCUT2D eigenvalue weighted by atomic mass is 10.0. The second kappa shape index (κ2) is 14.6. The number of rotatable bonds is 12. The van der Waals surface area contributed by atoms with Gasteiger partial charge < -0.3 is 10.2 Å². The standard InChI is InChI=1S/C31H36Cl2N2O2S/c1-5-23(4)34-31(37)29(17-24-9-7-6-8-10-24)35(18-25-11-12-27(32)28(33)16-25)30(36)20-38-19-26-14-21(2)13-22(3)15-26/h6-16,23,29H,5,17-20H2,1-4H3,(H,34,37)/t23-,29-/m0/s1. The van der Waals surface area contributed by atoms with E-state index in [0.717, 1.165) is 23.3 Å². The molecule has 4 nitrogen and oxygen atoms in total. The fourth-order valence-electron chi connectivity index (χ4n) is 4.32. The molecule has 0 unspecified atom stereocenters. The van der Waals surface area contributed by atoms with Crippen LogP contribution in [-0.2, 0) is 28.3 Å². The normalized spacial score (nSPS) is 12.6. The number of halogens is 2. The van der Waals surface area contributed by atoms with Crippen LogP contribution in [0.5, 0.6) is 0 Å². The molecule has 1 N–H and O–H groups in total. The van der Waals surface area contributed by atoms with Gasteiger partial charge >= 0.3 is 0 Å². The van der Waals surface area contributed by atoms with Gasteiger partial charge in [0.2, 0.25) is 11.8 Å². The Bertz CT molecular complexity index is 1220. The van der Waals surface area contributed by atoms with Crippen LogP contribution in [0.4, 0.5) is 0 Å². The van der Waals surface area contributed by atoms with Gasteiger partial charge in [0.05, 0.1) is 15.8 Å². The summed E-state index contributed by atoms with van der Waals surface area (Å²) in [6.07, 6.45) is 1.22. The molecule has 3 rings (SSSR count). The number of carbonyl (C=O) groups excluding carboxylic acids is 2. The zero-order chi connectivity index (χ0) is 27.7. The van der Waals surface area contributed by atoms with Crippen molar-refractivity contribution >= 4 is 46.8 Å². The van der Waals surface area contributed by atoms with Crippen molar-refractivity contribution in [2.45, 2.75) is 64.9 Å². The number of thioether (sulfide) groups is 1. The molecule has 7 heteroatoms. The van der Waals surface area contributed by atoms with E-state index in [9.17, 15) is 9.59 Å². The van der Waals surface area contributed by atoms with Crippen molar-refractivity contribution in [3.8, 4) is 0 Å². The number of hydrogen-bond acceptors (Lipinski definition) is 3. The summed E-state index contributed by atoms with van der Waals surface area (Å²) in [5, 5.41) is 3.97. The smallest absolute Gasteiger partial charge is 0.243 e. The van der Waals surface area contributed by atoms with Crippen LogP contribution in [0.3, 0.4) is 0 Å². The van der Waals surface area contributed by atoms with E-state index >= 15 is 0 Å². The summed E-state index contributed by atoms with van der Waals surface area (Å²) in [6.45, 7) is 8.41. The van der Waals surface area contributed by atoms with E-state index in [1.54, 1.807) is 28.8 Å². The summed E-state index contributed by atoms with van der Waals surface area (Å²) in [5.74, 6) is 0.731.